The molecule has 0 fully saturated rings. The van der Waals surface area contributed by atoms with Crippen molar-refractivity contribution in [2.75, 3.05) is 42.1 Å². The SMILES string of the molecule is COc1ccc(CCNCc2ncc(-c3cc(OC)c(OC)cc3OC)s2)cc1OC. The average Bonchev–Trinajstić information content (AvgIpc) is 3.29. The number of nitrogens with zero attached hydrogens (tertiary/aromatic N) is 1. The Balaban J connectivity index is 1.62. The topological polar surface area (TPSA) is 71.1 Å². The van der Waals surface area contributed by atoms with E-state index < -0.39 is 0 Å². The van der Waals surface area contributed by atoms with Crippen LogP contribution >= 0.6 is 11.3 Å². The summed E-state index contributed by atoms with van der Waals surface area (Å²) in [5.41, 5.74) is 2.11. The van der Waals surface area contributed by atoms with Crippen molar-refractivity contribution in [2.45, 2.75) is 13.0 Å². The van der Waals surface area contributed by atoms with Gasteiger partial charge in [0.1, 0.15) is 10.8 Å². The van der Waals surface area contributed by atoms with Crippen molar-refractivity contribution >= 4 is 11.3 Å². The quantitative estimate of drug-likeness (QED) is 0.445. The summed E-state index contributed by atoms with van der Waals surface area (Å²) >= 11 is 1.62. The zero-order valence-electron chi connectivity index (χ0n) is 18.5. The van der Waals surface area contributed by atoms with E-state index in [1.165, 1.54) is 5.56 Å². The summed E-state index contributed by atoms with van der Waals surface area (Å²) in [5.74, 6) is 3.48. The highest BCUT2D eigenvalue weighted by Crippen LogP contribution is 2.41. The Hall–Kier alpha value is -2.97. The van der Waals surface area contributed by atoms with Gasteiger partial charge in [-0.3, -0.25) is 0 Å². The first-order valence-electron chi connectivity index (χ1n) is 9.80. The van der Waals surface area contributed by atoms with Gasteiger partial charge >= 0.3 is 0 Å². The fraction of sp³-hybridized carbons (Fsp3) is 0.348. The van der Waals surface area contributed by atoms with Gasteiger partial charge in [0, 0.05) is 24.4 Å². The molecule has 0 unspecified atom stereocenters. The third kappa shape index (κ3) is 5.39. The van der Waals surface area contributed by atoms with E-state index in [-0.39, 0.29) is 0 Å². The van der Waals surface area contributed by atoms with Crippen molar-refractivity contribution in [3.05, 3.63) is 47.1 Å². The first kappa shape index (κ1) is 22.7. The maximum absolute atomic E-state index is 5.54. The number of nitrogens with one attached hydrogen (secondary N) is 1. The van der Waals surface area contributed by atoms with Crippen molar-refractivity contribution in [2.24, 2.45) is 0 Å². The Kier molecular flexibility index (Phi) is 7.97. The number of ether oxygens (including phenoxy) is 5. The largest absolute Gasteiger partial charge is 0.496 e. The van der Waals surface area contributed by atoms with Gasteiger partial charge in [0.2, 0.25) is 0 Å². The van der Waals surface area contributed by atoms with Gasteiger partial charge in [-0.25, -0.2) is 4.98 Å². The van der Waals surface area contributed by atoms with E-state index in [1.807, 2.05) is 36.5 Å². The predicted octanol–water partition coefficient (Wildman–Crippen LogP) is 4.19. The van der Waals surface area contributed by atoms with Crippen molar-refractivity contribution in [3.8, 4) is 39.2 Å². The van der Waals surface area contributed by atoms with Crippen LogP contribution in [0.5, 0.6) is 28.7 Å². The Morgan fingerprint density at radius 1 is 0.774 bits per heavy atom. The molecule has 0 aliphatic rings. The molecule has 3 aromatic rings. The lowest BCUT2D eigenvalue weighted by Crippen LogP contribution is -2.16. The van der Waals surface area contributed by atoms with Crippen molar-refractivity contribution in [1.29, 1.82) is 0 Å². The number of benzene rings is 2. The molecule has 166 valence electrons. The lowest BCUT2D eigenvalue weighted by atomic mass is 10.1. The number of thiazole rings is 1. The maximum atomic E-state index is 5.54. The fourth-order valence-corrected chi connectivity index (χ4v) is 4.11. The zero-order chi connectivity index (χ0) is 22.2. The van der Waals surface area contributed by atoms with Crippen molar-refractivity contribution in [1.82, 2.24) is 10.3 Å². The van der Waals surface area contributed by atoms with Crippen LogP contribution < -0.4 is 29.0 Å². The molecule has 8 heteroatoms. The molecule has 1 heterocycles. The third-order valence-corrected chi connectivity index (χ3v) is 5.87. The molecule has 7 nitrogen and oxygen atoms in total. The van der Waals surface area contributed by atoms with Crippen LogP contribution in [0.15, 0.2) is 36.5 Å². The molecule has 31 heavy (non-hydrogen) atoms. The summed E-state index contributed by atoms with van der Waals surface area (Å²) < 4.78 is 27.0. The molecule has 0 radical (unpaired) electrons. The fourth-order valence-electron chi connectivity index (χ4n) is 3.20. The minimum Gasteiger partial charge on any atom is -0.496 e. The van der Waals surface area contributed by atoms with Crippen LogP contribution in [0.2, 0.25) is 0 Å². The molecule has 1 aromatic heterocycles. The van der Waals surface area contributed by atoms with Crippen LogP contribution in [0.4, 0.5) is 0 Å². The van der Waals surface area contributed by atoms with Gasteiger partial charge < -0.3 is 29.0 Å². The Labute approximate surface area is 186 Å². The predicted molar refractivity (Wildman–Crippen MR) is 122 cm³/mol. The average molecular weight is 445 g/mol. The van der Waals surface area contributed by atoms with Crippen LogP contribution in [0.1, 0.15) is 10.6 Å². The first-order chi connectivity index (χ1) is 15.1. The molecular weight excluding hydrogens is 416 g/mol. The highest BCUT2D eigenvalue weighted by atomic mass is 32.1. The van der Waals surface area contributed by atoms with E-state index in [0.29, 0.717) is 23.8 Å². The minimum absolute atomic E-state index is 0.629. The summed E-state index contributed by atoms with van der Waals surface area (Å²) in [6.45, 7) is 1.51. The van der Waals surface area contributed by atoms with E-state index in [0.717, 1.165) is 39.9 Å². The molecule has 0 amide bonds. The number of hydrogen-bond donors (Lipinski definition) is 1. The molecule has 0 saturated heterocycles. The number of aromatic nitrogens is 1. The normalized spacial score (nSPS) is 10.6. The van der Waals surface area contributed by atoms with Gasteiger partial charge in [0.05, 0.1) is 40.4 Å². The Morgan fingerprint density at radius 3 is 2.10 bits per heavy atom. The molecule has 2 aromatic carbocycles. The van der Waals surface area contributed by atoms with E-state index in [9.17, 15) is 0 Å². The summed E-state index contributed by atoms with van der Waals surface area (Å²) in [7, 11) is 8.15. The van der Waals surface area contributed by atoms with Gasteiger partial charge in [0.15, 0.2) is 23.0 Å². The number of hydrogen-bond acceptors (Lipinski definition) is 8. The van der Waals surface area contributed by atoms with E-state index >= 15 is 0 Å². The lowest BCUT2D eigenvalue weighted by Gasteiger charge is -2.13. The van der Waals surface area contributed by atoms with E-state index in [1.54, 1.807) is 46.9 Å². The maximum Gasteiger partial charge on any atom is 0.164 e. The van der Waals surface area contributed by atoms with Gasteiger partial charge in [-0.1, -0.05) is 6.07 Å². The first-order valence-corrected chi connectivity index (χ1v) is 10.6. The monoisotopic (exact) mass is 444 g/mol. The van der Waals surface area contributed by atoms with Crippen LogP contribution in [-0.2, 0) is 13.0 Å². The van der Waals surface area contributed by atoms with Crippen LogP contribution in [0, 0.1) is 0 Å². The van der Waals surface area contributed by atoms with Gasteiger partial charge in [0.25, 0.3) is 0 Å². The second kappa shape index (κ2) is 10.9. The van der Waals surface area contributed by atoms with Gasteiger partial charge in [-0.05, 0) is 36.7 Å². The lowest BCUT2D eigenvalue weighted by molar-refractivity contribution is 0.349. The van der Waals surface area contributed by atoms with E-state index in [2.05, 4.69) is 10.3 Å². The zero-order valence-corrected chi connectivity index (χ0v) is 19.3. The molecule has 0 saturated carbocycles. The standard InChI is InChI=1S/C23H28N2O5S/c1-26-17-7-6-15(10-19(17)28-3)8-9-24-14-23-25-13-22(31-23)16-11-20(29-4)21(30-5)12-18(16)27-2/h6-7,10-13,24H,8-9,14H2,1-5H3. The molecular formula is C23H28N2O5S. The second-order valence-corrected chi connectivity index (χ2v) is 7.76. The van der Waals surface area contributed by atoms with Crippen LogP contribution in [0.3, 0.4) is 0 Å². The highest BCUT2D eigenvalue weighted by molar-refractivity contribution is 7.15. The molecule has 0 spiro atoms. The third-order valence-electron chi connectivity index (χ3n) is 4.84. The van der Waals surface area contributed by atoms with Crippen molar-refractivity contribution in [3.63, 3.8) is 0 Å². The molecule has 1 N–H and O–H groups in total. The number of rotatable bonds is 11. The summed E-state index contributed by atoms with van der Waals surface area (Å²) in [6, 6.07) is 9.73. The molecule has 0 bridgehead atoms. The van der Waals surface area contributed by atoms with Crippen LogP contribution in [0.25, 0.3) is 10.4 Å². The minimum atomic E-state index is 0.629. The highest BCUT2D eigenvalue weighted by Gasteiger charge is 2.15. The molecule has 0 atom stereocenters. The molecule has 3 rings (SSSR count). The summed E-state index contributed by atoms with van der Waals surface area (Å²) in [6.07, 6.45) is 2.74. The summed E-state index contributed by atoms with van der Waals surface area (Å²) in [4.78, 5) is 5.56. The van der Waals surface area contributed by atoms with Crippen molar-refractivity contribution < 1.29 is 23.7 Å². The smallest absolute Gasteiger partial charge is 0.164 e. The van der Waals surface area contributed by atoms with Gasteiger partial charge in [-0.15, -0.1) is 11.3 Å². The molecule has 0 aliphatic carbocycles. The van der Waals surface area contributed by atoms with Gasteiger partial charge in [-0.2, -0.15) is 0 Å². The van der Waals surface area contributed by atoms with E-state index in [4.69, 9.17) is 23.7 Å². The van der Waals surface area contributed by atoms with Crippen LogP contribution in [-0.4, -0.2) is 47.1 Å². The molecule has 0 aliphatic heterocycles. The Bertz CT molecular complexity index is 1010. The second-order valence-electron chi connectivity index (χ2n) is 6.64. The Morgan fingerprint density at radius 2 is 1.42 bits per heavy atom. The summed E-state index contributed by atoms with van der Waals surface area (Å²) in [5, 5.41) is 4.45. The number of methoxy groups -OCH3 is 5.